The number of hydrogen-bond donors (Lipinski definition) is 1. The minimum atomic E-state index is -1.01. The van der Waals surface area contributed by atoms with Crippen molar-refractivity contribution in [2.45, 2.75) is 58.9 Å². The van der Waals surface area contributed by atoms with Gasteiger partial charge in [0.25, 0.3) is 5.91 Å². The van der Waals surface area contributed by atoms with Gasteiger partial charge in [-0.15, -0.1) is 0 Å². The Morgan fingerprint density at radius 1 is 1.31 bits per heavy atom. The Balaban J connectivity index is 1.87. The van der Waals surface area contributed by atoms with Gasteiger partial charge in [-0.25, -0.2) is 4.79 Å². The van der Waals surface area contributed by atoms with E-state index in [0.29, 0.717) is 5.56 Å². The molecule has 152 valence electrons. The Labute approximate surface area is 171 Å². The van der Waals surface area contributed by atoms with Gasteiger partial charge in [-0.05, 0) is 63.1 Å². The number of aryl methyl sites for hydroxylation is 2. The van der Waals surface area contributed by atoms with Gasteiger partial charge >= 0.3 is 5.97 Å². The van der Waals surface area contributed by atoms with Gasteiger partial charge in [-0.1, -0.05) is 25.5 Å². The van der Waals surface area contributed by atoms with E-state index in [4.69, 9.17) is 9.72 Å². The fraction of sp³-hybridized carbons (Fsp3) is 0.478. The van der Waals surface area contributed by atoms with Gasteiger partial charge in [0.2, 0.25) is 0 Å². The van der Waals surface area contributed by atoms with Crippen LogP contribution in [0, 0.1) is 24.2 Å². The van der Waals surface area contributed by atoms with Crippen LogP contribution < -0.4 is 5.32 Å². The Bertz CT molecular complexity index is 1010. The molecule has 6 nitrogen and oxygen atoms in total. The summed E-state index contributed by atoms with van der Waals surface area (Å²) in [5, 5.41) is 12.8. The maximum absolute atomic E-state index is 13.0. The SMILES string of the molecule is Cc1ccc2nc3c(c(C(=O)OCC(=O)N[C@](C)(C#N)C(C)C)c2c1)CCCC3. The van der Waals surface area contributed by atoms with E-state index in [-0.39, 0.29) is 5.92 Å². The molecule has 1 atom stereocenters. The highest BCUT2D eigenvalue weighted by Gasteiger charge is 2.31. The van der Waals surface area contributed by atoms with Crippen molar-refractivity contribution in [2.24, 2.45) is 5.92 Å². The molecule has 1 N–H and O–H groups in total. The summed E-state index contributed by atoms with van der Waals surface area (Å²) in [6.45, 7) is 6.91. The van der Waals surface area contributed by atoms with Gasteiger partial charge in [0, 0.05) is 11.1 Å². The maximum atomic E-state index is 13.0. The van der Waals surface area contributed by atoms with Crippen molar-refractivity contribution in [1.82, 2.24) is 10.3 Å². The first-order valence-corrected chi connectivity index (χ1v) is 10.1. The van der Waals surface area contributed by atoms with Crippen LogP contribution >= 0.6 is 0 Å². The summed E-state index contributed by atoms with van der Waals surface area (Å²) in [6.07, 6.45) is 3.68. The second-order valence-corrected chi connectivity index (χ2v) is 8.23. The zero-order valence-electron chi connectivity index (χ0n) is 17.5. The summed E-state index contributed by atoms with van der Waals surface area (Å²) in [5.74, 6) is -1.08. The number of rotatable bonds is 5. The number of hydrogen-bond acceptors (Lipinski definition) is 5. The number of carbonyl (C=O) groups is 2. The Morgan fingerprint density at radius 3 is 2.72 bits per heavy atom. The predicted octanol–water partition coefficient (Wildman–Crippen LogP) is 3.63. The van der Waals surface area contributed by atoms with Crippen LogP contribution in [0.2, 0.25) is 0 Å². The number of amides is 1. The third kappa shape index (κ3) is 4.24. The number of aromatic nitrogens is 1. The quantitative estimate of drug-likeness (QED) is 0.783. The lowest BCUT2D eigenvalue weighted by atomic mass is 9.89. The van der Waals surface area contributed by atoms with E-state index in [1.165, 1.54) is 0 Å². The molecule has 1 heterocycles. The van der Waals surface area contributed by atoms with Crippen molar-refractivity contribution >= 4 is 22.8 Å². The van der Waals surface area contributed by atoms with Crippen LogP contribution in [0.25, 0.3) is 10.9 Å². The molecule has 29 heavy (non-hydrogen) atoms. The summed E-state index contributed by atoms with van der Waals surface area (Å²) in [6, 6.07) is 7.96. The molecule has 0 unspecified atom stereocenters. The fourth-order valence-corrected chi connectivity index (χ4v) is 3.60. The van der Waals surface area contributed by atoms with Gasteiger partial charge in [-0.3, -0.25) is 9.78 Å². The van der Waals surface area contributed by atoms with Crippen molar-refractivity contribution in [2.75, 3.05) is 6.61 Å². The molecule has 1 aromatic carbocycles. The smallest absolute Gasteiger partial charge is 0.339 e. The zero-order valence-corrected chi connectivity index (χ0v) is 17.5. The van der Waals surface area contributed by atoms with E-state index >= 15 is 0 Å². The monoisotopic (exact) mass is 393 g/mol. The van der Waals surface area contributed by atoms with E-state index in [0.717, 1.165) is 53.4 Å². The van der Waals surface area contributed by atoms with E-state index in [1.807, 2.05) is 39.0 Å². The number of carbonyl (C=O) groups excluding carboxylic acids is 2. The Hall–Kier alpha value is -2.94. The lowest BCUT2D eigenvalue weighted by Crippen LogP contribution is -2.50. The van der Waals surface area contributed by atoms with Crippen LogP contribution in [-0.2, 0) is 22.4 Å². The molecule has 0 bridgehead atoms. The molecule has 1 aromatic heterocycles. The number of ether oxygens (including phenoxy) is 1. The fourth-order valence-electron chi connectivity index (χ4n) is 3.60. The first kappa shape index (κ1) is 20.8. The highest BCUT2D eigenvalue weighted by atomic mass is 16.5. The van der Waals surface area contributed by atoms with Crippen molar-refractivity contribution in [1.29, 1.82) is 5.26 Å². The second kappa shape index (κ2) is 8.20. The third-order valence-electron chi connectivity index (χ3n) is 5.74. The minimum absolute atomic E-state index is 0.0775. The summed E-state index contributed by atoms with van der Waals surface area (Å²) in [4.78, 5) is 30.1. The van der Waals surface area contributed by atoms with Crippen molar-refractivity contribution in [3.8, 4) is 6.07 Å². The van der Waals surface area contributed by atoms with Crippen LogP contribution in [0.3, 0.4) is 0 Å². The van der Waals surface area contributed by atoms with E-state index in [2.05, 4.69) is 11.4 Å². The van der Waals surface area contributed by atoms with E-state index in [1.54, 1.807) is 6.92 Å². The average molecular weight is 393 g/mol. The lowest BCUT2D eigenvalue weighted by Gasteiger charge is -2.27. The standard InChI is InChI=1S/C23H27N3O3/c1-14(2)23(4,13-24)26-20(27)12-29-22(28)21-16-7-5-6-8-18(16)25-19-10-9-15(3)11-17(19)21/h9-11,14H,5-8,12H2,1-4H3,(H,26,27)/t23-/m1/s1. The van der Waals surface area contributed by atoms with Crippen LogP contribution in [0.1, 0.15) is 60.8 Å². The molecule has 1 amide bonds. The van der Waals surface area contributed by atoms with Gasteiger partial charge < -0.3 is 10.1 Å². The van der Waals surface area contributed by atoms with Crippen molar-refractivity contribution in [3.05, 3.63) is 40.6 Å². The van der Waals surface area contributed by atoms with Crippen LogP contribution in [0.5, 0.6) is 0 Å². The minimum Gasteiger partial charge on any atom is -0.452 e. The second-order valence-electron chi connectivity index (χ2n) is 8.23. The number of benzene rings is 1. The first-order valence-electron chi connectivity index (χ1n) is 10.1. The molecule has 1 aliphatic rings. The lowest BCUT2D eigenvalue weighted by molar-refractivity contribution is -0.125. The van der Waals surface area contributed by atoms with Gasteiger partial charge in [0.1, 0.15) is 5.54 Å². The van der Waals surface area contributed by atoms with Crippen LogP contribution in [0.4, 0.5) is 0 Å². The Morgan fingerprint density at radius 2 is 2.03 bits per heavy atom. The number of nitrogens with zero attached hydrogens (tertiary/aromatic N) is 2. The molecule has 2 aromatic rings. The summed E-state index contributed by atoms with van der Waals surface area (Å²) in [7, 11) is 0. The van der Waals surface area contributed by atoms with Gasteiger partial charge in [0.05, 0.1) is 17.1 Å². The molecule has 1 aliphatic carbocycles. The van der Waals surface area contributed by atoms with E-state index < -0.39 is 24.0 Å². The summed E-state index contributed by atoms with van der Waals surface area (Å²) >= 11 is 0. The summed E-state index contributed by atoms with van der Waals surface area (Å²) < 4.78 is 5.39. The number of nitriles is 1. The molecule has 0 radical (unpaired) electrons. The first-order chi connectivity index (χ1) is 13.7. The molecular formula is C23H27N3O3. The predicted molar refractivity (Wildman–Crippen MR) is 110 cm³/mol. The highest BCUT2D eigenvalue weighted by Crippen LogP contribution is 2.30. The van der Waals surface area contributed by atoms with Crippen molar-refractivity contribution in [3.63, 3.8) is 0 Å². The zero-order chi connectivity index (χ0) is 21.2. The average Bonchev–Trinajstić information content (AvgIpc) is 2.70. The number of esters is 1. The highest BCUT2D eigenvalue weighted by molar-refractivity contribution is 6.05. The maximum Gasteiger partial charge on any atom is 0.339 e. The van der Waals surface area contributed by atoms with E-state index in [9.17, 15) is 14.9 Å². The molecule has 0 spiro atoms. The van der Waals surface area contributed by atoms with Gasteiger partial charge in [0.15, 0.2) is 6.61 Å². The molecule has 0 saturated carbocycles. The summed E-state index contributed by atoms with van der Waals surface area (Å²) in [5.41, 5.74) is 3.19. The molecule has 0 saturated heterocycles. The number of nitrogens with one attached hydrogen (secondary N) is 1. The third-order valence-corrected chi connectivity index (χ3v) is 5.74. The van der Waals surface area contributed by atoms with Crippen LogP contribution in [-0.4, -0.2) is 29.0 Å². The topological polar surface area (TPSA) is 92.1 Å². The molecular weight excluding hydrogens is 366 g/mol. The molecule has 0 aliphatic heterocycles. The van der Waals surface area contributed by atoms with Crippen molar-refractivity contribution < 1.29 is 14.3 Å². The normalized spacial score (nSPS) is 15.3. The van der Waals surface area contributed by atoms with Gasteiger partial charge in [-0.2, -0.15) is 5.26 Å². The Kier molecular flexibility index (Phi) is 5.88. The number of pyridine rings is 1. The molecule has 0 fully saturated rings. The van der Waals surface area contributed by atoms with Crippen LogP contribution in [0.15, 0.2) is 18.2 Å². The number of fused-ring (bicyclic) bond motifs is 2. The largest absolute Gasteiger partial charge is 0.452 e. The molecule has 3 rings (SSSR count). The molecule has 6 heteroatoms.